The molecule has 1 saturated heterocycles. The molecule has 0 saturated carbocycles. The highest BCUT2D eigenvalue weighted by Crippen LogP contribution is 2.31. The Morgan fingerprint density at radius 3 is 2.55 bits per heavy atom. The summed E-state index contributed by atoms with van der Waals surface area (Å²) in [6, 6.07) is 7.20. The summed E-state index contributed by atoms with van der Waals surface area (Å²) in [6.45, 7) is 1.11. The number of aromatic amines is 1. The highest BCUT2D eigenvalue weighted by Gasteiger charge is 2.30. The van der Waals surface area contributed by atoms with E-state index in [1.54, 1.807) is 11.0 Å². The molecule has 0 unspecified atom stereocenters. The molecule has 152 valence electrons. The van der Waals surface area contributed by atoms with E-state index in [-0.39, 0.29) is 28.7 Å². The summed E-state index contributed by atoms with van der Waals surface area (Å²) in [5, 5.41) is 6.25. The molecule has 0 aromatic carbocycles. The smallest absolute Gasteiger partial charge is 0.264 e. The minimum absolute atomic E-state index is 0.0953. The molecule has 4 heterocycles. The zero-order valence-corrected chi connectivity index (χ0v) is 16.7. The van der Waals surface area contributed by atoms with Gasteiger partial charge in [0.2, 0.25) is 0 Å². The van der Waals surface area contributed by atoms with Gasteiger partial charge >= 0.3 is 0 Å². The number of hydrogen-bond acceptors (Lipinski definition) is 8. The summed E-state index contributed by atoms with van der Waals surface area (Å²) in [4.78, 5) is 17.4. The molecule has 1 fully saturated rings. The number of piperazine rings is 1. The Morgan fingerprint density at radius 2 is 1.90 bits per heavy atom. The molecule has 0 bridgehead atoms. The molecule has 0 atom stereocenters. The van der Waals surface area contributed by atoms with Crippen molar-refractivity contribution in [1.29, 1.82) is 0 Å². The molecule has 3 N–H and O–H groups in total. The second-order valence-electron chi connectivity index (χ2n) is 6.38. The predicted octanol–water partition coefficient (Wildman–Crippen LogP) is 1.13. The van der Waals surface area contributed by atoms with Crippen LogP contribution in [0.1, 0.15) is 0 Å². The van der Waals surface area contributed by atoms with E-state index in [1.165, 1.54) is 28.7 Å². The van der Waals surface area contributed by atoms with Crippen molar-refractivity contribution in [2.45, 2.75) is 4.21 Å². The highest BCUT2D eigenvalue weighted by molar-refractivity contribution is 7.91. The summed E-state index contributed by atoms with van der Waals surface area (Å²) < 4.78 is 41.6. The van der Waals surface area contributed by atoms with E-state index in [0.717, 1.165) is 17.4 Å². The lowest BCUT2D eigenvalue weighted by molar-refractivity contribution is 0.384. The average Bonchev–Trinajstić information content (AvgIpc) is 3.20. The first kappa shape index (κ1) is 19.5. The van der Waals surface area contributed by atoms with Crippen molar-refractivity contribution >= 4 is 32.9 Å². The molecule has 0 amide bonds. The zero-order chi connectivity index (χ0) is 20.6. The molecule has 3 aromatic heterocycles. The van der Waals surface area contributed by atoms with Crippen LogP contribution in [0.15, 0.2) is 45.5 Å². The fourth-order valence-corrected chi connectivity index (χ4v) is 5.90. The van der Waals surface area contributed by atoms with Gasteiger partial charge in [0.15, 0.2) is 5.82 Å². The fourth-order valence-electron chi connectivity index (χ4n) is 3.05. The van der Waals surface area contributed by atoms with Crippen LogP contribution < -0.4 is 16.2 Å². The number of pyridine rings is 1. The molecule has 0 aliphatic carbocycles. The van der Waals surface area contributed by atoms with E-state index < -0.39 is 15.8 Å². The number of nitrogens with one attached hydrogen (secondary N) is 1. The summed E-state index contributed by atoms with van der Waals surface area (Å²) in [7, 11) is -3.68. The maximum atomic E-state index is 14.1. The van der Waals surface area contributed by atoms with Crippen LogP contribution in [-0.2, 0) is 10.0 Å². The monoisotopic (exact) mass is 436 g/mol. The van der Waals surface area contributed by atoms with Crippen LogP contribution in [-0.4, -0.2) is 54.1 Å². The van der Waals surface area contributed by atoms with Gasteiger partial charge in [-0.05, 0) is 18.2 Å². The van der Waals surface area contributed by atoms with Crippen molar-refractivity contribution in [3.63, 3.8) is 0 Å². The second kappa shape index (κ2) is 7.54. The number of nitrogen functional groups attached to an aromatic ring is 1. The standard InChI is InChI=1S/C17H17FN6O3S2/c18-11-9-15(19)20-10-13(11)23-5-7-24(8-6-23)29(26,27)17-4-2-14(28-17)12-1-3-16(25)22-21-12/h1-4,9-10H,5-8H2,(H2,19,20)(H,22,25). The Labute approximate surface area is 169 Å². The van der Waals surface area contributed by atoms with Gasteiger partial charge in [-0.1, -0.05) is 0 Å². The van der Waals surface area contributed by atoms with Gasteiger partial charge in [0.1, 0.15) is 15.7 Å². The van der Waals surface area contributed by atoms with E-state index in [2.05, 4.69) is 15.2 Å². The molecule has 4 rings (SSSR count). The fraction of sp³-hybridized carbons (Fsp3) is 0.235. The molecule has 9 nitrogen and oxygen atoms in total. The van der Waals surface area contributed by atoms with Crippen molar-refractivity contribution in [2.24, 2.45) is 0 Å². The van der Waals surface area contributed by atoms with Crippen molar-refractivity contribution in [2.75, 3.05) is 36.8 Å². The SMILES string of the molecule is Nc1cc(F)c(N2CCN(S(=O)(=O)c3ccc(-c4ccc(=O)[nH]n4)s3)CC2)cn1. The van der Waals surface area contributed by atoms with Gasteiger partial charge in [0.25, 0.3) is 15.6 Å². The quantitative estimate of drug-likeness (QED) is 0.628. The Balaban J connectivity index is 1.49. The largest absolute Gasteiger partial charge is 0.384 e. The maximum absolute atomic E-state index is 14.1. The van der Waals surface area contributed by atoms with Crippen molar-refractivity contribution in [3.8, 4) is 10.6 Å². The van der Waals surface area contributed by atoms with Crippen molar-refractivity contribution in [1.82, 2.24) is 19.5 Å². The van der Waals surface area contributed by atoms with Crippen LogP contribution >= 0.6 is 11.3 Å². The normalized spacial score (nSPS) is 15.6. The van der Waals surface area contributed by atoms with Crippen LogP contribution in [0.4, 0.5) is 15.9 Å². The van der Waals surface area contributed by atoms with Gasteiger partial charge in [-0.3, -0.25) is 4.79 Å². The van der Waals surface area contributed by atoms with E-state index in [9.17, 15) is 17.6 Å². The highest BCUT2D eigenvalue weighted by atomic mass is 32.2. The predicted molar refractivity (Wildman–Crippen MR) is 108 cm³/mol. The first-order chi connectivity index (χ1) is 13.8. The van der Waals surface area contributed by atoms with Gasteiger partial charge in [-0.2, -0.15) is 9.40 Å². The van der Waals surface area contributed by atoms with E-state index >= 15 is 0 Å². The first-order valence-corrected chi connectivity index (χ1v) is 10.9. The Bertz CT molecular complexity index is 1180. The Morgan fingerprint density at radius 1 is 1.14 bits per heavy atom. The van der Waals surface area contributed by atoms with Gasteiger partial charge in [0, 0.05) is 38.3 Å². The number of nitrogens with zero attached hydrogens (tertiary/aromatic N) is 4. The average molecular weight is 436 g/mol. The number of thiophene rings is 1. The third-order valence-electron chi connectivity index (χ3n) is 4.54. The summed E-state index contributed by atoms with van der Waals surface area (Å²) in [6.07, 6.45) is 1.36. The third-order valence-corrected chi connectivity index (χ3v) is 8.02. The third kappa shape index (κ3) is 3.86. The lowest BCUT2D eigenvalue weighted by Gasteiger charge is -2.35. The minimum Gasteiger partial charge on any atom is -0.384 e. The molecule has 0 radical (unpaired) electrons. The van der Waals surface area contributed by atoms with Crippen LogP contribution in [0.3, 0.4) is 0 Å². The van der Waals surface area contributed by atoms with Gasteiger partial charge in [0.05, 0.1) is 16.8 Å². The van der Waals surface area contributed by atoms with E-state index in [4.69, 9.17) is 5.73 Å². The van der Waals surface area contributed by atoms with Crippen molar-refractivity contribution < 1.29 is 12.8 Å². The zero-order valence-electron chi connectivity index (χ0n) is 15.1. The molecular formula is C17H17FN6O3S2. The molecule has 1 aliphatic heterocycles. The molecular weight excluding hydrogens is 419 g/mol. The molecule has 29 heavy (non-hydrogen) atoms. The van der Waals surface area contributed by atoms with Crippen LogP contribution in [0.2, 0.25) is 0 Å². The number of anilines is 2. The number of hydrogen-bond donors (Lipinski definition) is 2. The number of nitrogens with two attached hydrogens (primary N) is 1. The maximum Gasteiger partial charge on any atom is 0.264 e. The minimum atomic E-state index is -3.68. The van der Waals surface area contributed by atoms with E-state index in [0.29, 0.717) is 29.3 Å². The molecule has 1 aliphatic rings. The number of aromatic nitrogens is 3. The molecule has 3 aromatic rings. The lowest BCUT2D eigenvalue weighted by Crippen LogP contribution is -2.48. The first-order valence-electron chi connectivity index (χ1n) is 8.66. The number of halogens is 1. The number of rotatable bonds is 4. The van der Waals surface area contributed by atoms with E-state index in [1.807, 2.05) is 0 Å². The van der Waals surface area contributed by atoms with Crippen molar-refractivity contribution in [3.05, 3.63) is 52.7 Å². The molecule has 0 spiro atoms. The van der Waals surface area contributed by atoms with Crippen LogP contribution in [0, 0.1) is 5.82 Å². The van der Waals surface area contributed by atoms with Gasteiger partial charge in [-0.15, -0.1) is 11.3 Å². The van der Waals surface area contributed by atoms with Gasteiger partial charge in [-0.25, -0.2) is 22.9 Å². The Hall–Kier alpha value is -2.83. The summed E-state index contributed by atoms with van der Waals surface area (Å²) >= 11 is 1.08. The molecule has 12 heteroatoms. The summed E-state index contributed by atoms with van der Waals surface area (Å²) in [5.41, 5.74) is 5.94. The van der Waals surface area contributed by atoms with Crippen LogP contribution in [0.25, 0.3) is 10.6 Å². The number of sulfonamides is 1. The van der Waals surface area contributed by atoms with Crippen LogP contribution in [0.5, 0.6) is 0 Å². The topological polar surface area (TPSA) is 125 Å². The number of H-pyrrole nitrogens is 1. The second-order valence-corrected chi connectivity index (χ2v) is 9.63. The van der Waals surface area contributed by atoms with Gasteiger partial charge < -0.3 is 10.6 Å². The summed E-state index contributed by atoms with van der Waals surface area (Å²) in [5.74, 6) is -0.386. The Kier molecular flexibility index (Phi) is 5.06. The lowest BCUT2D eigenvalue weighted by atomic mass is 10.3.